The van der Waals surface area contributed by atoms with Crippen LogP contribution in [0.2, 0.25) is 0 Å². The van der Waals surface area contributed by atoms with E-state index in [1.165, 1.54) is 6.07 Å². The van der Waals surface area contributed by atoms with E-state index in [1.54, 1.807) is 17.9 Å². The third-order valence-electron chi connectivity index (χ3n) is 5.09. The van der Waals surface area contributed by atoms with Gasteiger partial charge in [0.15, 0.2) is 0 Å². The summed E-state index contributed by atoms with van der Waals surface area (Å²) >= 11 is 0. The molecule has 1 aromatic carbocycles. The van der Waals surface area contributed by atoms with Crippen molar-refractivity contribution in [1.82, 2.24) is 14.9 Å². The normalized spacial score (nSPS) is 15.1. The molecule has 1 amide bonds. The van der Waals surface area contributed by atoms with Crippen molar-refractivity contribution in [2.45, 2.75) is 13.5 Å². The Hall–Kier alpha value is -3.54. The highest BCUT2D eigenvalue weighted by Crippen LogP contribution is 2.38. The first-order valence-electron chi connectivity index (χ1n) is 8.59. The standard InChI is InChI=1S/C21H15FN4O/c1-11-13(8-9-17(22)24-11)14-6-3-7-15-19(23)18-16(25-20(14)15)10-26(21(18)27)12-4-2-5-12/h2-9H,10H2,1H3,(H2,23,25). The van der Waals surface area contributed by atoms with Crippen LogP contribution in [0, 0.1) is 12.9 Å². The van der Waals surface area contributed by atoms with Gasteiger partial charge in [-0.3, -0.25) is 4.79 Å². The molecule has 6 heteroatoms. The van der Waals surface area contributed by atoms with Crippen LogP contribution in [0.5, 0.6) is 0 Å². The topological polar surface area (TPSA) is 72.1 Å². The lowest BCUT2D eigenvalue weighted by molar-refractivity contribution is 0.0831. The molecule has 0 radical (unpaired) electrons. The number of nitrogen functional groups attached to an aromatic ring is 1. The number of benzene rings is 1. The predicted octanol–water partition coefficient (Wildman–Crippen LogP) is 3.74. The second-order valence-corrected chi connectivity index (χ2v) is 6.66. The highest BCUT2D eigenvalue weighted by molar-refractivity contribution is 6.12. The minimum absolute atomic E-state index is 0.127. The molecule has 27 heavy (non-hydrogen) atoms. The zero-order chi connectivity index (χ0) is 18.7. The molecule has 3 heterocycles. The smallest absolute Gasteiger partial charge is 0.262 e. The number of hydrogen-bond donors (Lipinski definition) is 1. The predicted molar refractivity (Wildman–Crippen MR) is 101 cm³/mol. The number of carbonyl (C=O) groups is 1. The Morgan fingerprint density at radius 2 is 1.96 bits per heavy atom. The van der Waals surface area contributed by atoms with Gasteiger partial charge in [-0.05, 0) is 31.2 Å². The van der Waals surface area contributed by atoms with Crippen LogP contribution in [-0.2, 0) is 6.54 Å². The van der Waals surface area contributed by atoms with E-state index in [1.807, 2.05) is 36.4 Å². The van der Waals surface area contributed by atoms with E-state index in [-0.39, 0.29) is 5.91 Å². The lowest BCUT2D eigenvalue weighted by Gasteiger charge is -2.19. The molecule has 2 N–H and O–H groups in total. The van der Waals surface area contributed by atoms with Gasteiger partial charge in [0.2, 0.25) is 5.95 Å². The van der Waals surface area contributed by atoms with Crippen molar-refractivity contribution in [2.24, 2.45) is 0 Å². The Kier molecular flexibility index (Phi) is 3.18. The zero-order valence-corrected chi connectivity index (χ0v) is 14.5. The number of pyridine rings is 2. The number of amides is 1. The van der Waals surface area contributed by atoms with Gasteiger partial charge in [-0.1, -0.05) is 24.3 Å². The second-order valence-electron chi connectivity index (χ2n) is 6.66. The number of allylic oxidation sites excluding steroid dienone is 3. The van der Waals surface area contributed by atoms with Crippen molar-refractivity contribution in [3.05, 3.63) is 77.2 Å². The van der Waals surface area contributed by atoms with Crippen LogP contribution >= 0.6 is 0 Å². The number of halogens is 1. The fourth-order valence-electron chi connectivity index (χ4n) is 3.68. The average molecular weight is 358 g/mol. The molecule has 5 nitrogen and oxygen atoms in total. The molecule has 0 bridgehead atoms. The fourth-order valence-corrected chi connectivity index (χ4v) is 3.68. The molecular formula is C21H15FN4O. The van der Waals surface area contributed by atoms with Crippen LogP contribution in [0.25, 0.3) is 22.0 Å². The highest BCUT2D eigenvalue weighted by Gasteiger charge is 2.34. The van der Waals surface area contributed by atoms with Crippen LogP contribution in [-0.4, -0.2) is 20.8 Å². The number of nitrogens with two attached hydrogens (primary N) is 1. The second kappa shape index (κ2) is 5.48. The van der Waals surface area contributed by atoms with Gasteiger partial charge in [0, 0.05) is 27.9 Å². The summed E-state index contributed by atoms with van der Waals surface area (Å²) in [5.41, 5.74) is 11.7. The maximum atomic E-state index is 13.4. The summed E-state index contributed by atoms with van der Waals surface area (Å²) in [6.07, 6.45) is 5.67. The van der Waals surface area contributed by atoms with Gasteiger partial charge in [0.1, 0.15) is 0 Å². The SMILES string of the molecule is Cc1nc(F)ccc1-c1cccc2c(N)c3c(nc12)CN(C1=CC=C1)C3=O. The molecule has 3 aromatic rings. The highest BCUT2D eigenvalue weighted by atomic mass is 19.1. The van der Waals surface area contributed by atoms with Crippen LogP contribution in [0.1, 0.15) is 21.7 Å². The van der Waals surface area contributed by atoms with E-state index in [2.05, 4.69) is 4.98 Å². The number of rotatable bonds is 2. The molecule has 0 atom stereocenters. The quantitative estimate of drug-likeness (QED) is 0.709. The summed E-state index contributed by atoms with van der Waals surface area (Å²) in [6, 6.07) is 8.65. The van der Waals surface area contributed by atoms with Gasteiger partial charge < -0.3 is 10.6 Å². The lowest BCUT2D eigenvalue weighted by atomic mass is 9.98. The maximum absolute atomic E-state index is 13.4. The molecule has 0 fully saturated rings. The van der Waals surface area contributed by atoms with Crippen molar-refractivity contribution < 1.29 is 9.18 Å². The first-order valence-corrected chi connectivity index (χ1v) is 8.59. The van der Waals surface area contributed by atoms with Crippen LogP contribution in [0.4, 0.5) is 10.1 Å². The molecule has 0 saturated heterocycles. The maximum Gasteiger partial charge on any atom is 0.262 e. The molecule has 5 rings (SSSR count). The van der Waals surface area contributed by atoms with E-state index in [9.17, 15) is 9.18 Å². The van der Waals surface area contributed by atoms with Gasteiger partial charge in [0.05, 0.1) is 29.0 Å². The van der Waals surface area contributed by atoms with Crippen molar-refractivity contribution >= 4 is 22.5 Å². The van der Waals surface area contributed by atoms with Gasteiger partial charge in [-0.25, -0.2) is 9.97 Å². The first kappa shape index (κ1) is 15.7. The number of aromatic nitrogens is 2. The lowest BCUT2D eigenvalue weighted by Crippen LogP contribution is -2.24. The molecule has 0 saturated carbocycles. The monoisotopic (exact) mass is 358 g/mol. The summed E-state index contributed by atoms with van der Waals surface area (Å²) in [6.45, 7) is 2.15. The number of para-hydroxylation sites is 1. The van der Waals surface area contributed by atoms with E-state index in [4.69, 9.17) is 10.7 Å². The summed E-state index contributed by atoms with van der Waals surface area (Å²) in [5, 5.41) is 0.711. The summed E-state index contributed by atoms with van der Waals surface area (Å²) < 4.78 is 13.4. The van der Waals surface area contributed by atoms with Crippen LogP contribution < -0.4 is 5.73 Å². The Morgan fingerprint density at radius 3 is 2.67 bits per heavy atom. The van der Waals surface area contributed by atoms with Crippen molar-refractivity contribution in [3.8, 4) is 11.1 Å². The summed E-state index contributed by atoms with van der Waals surface area (Å²) in [5.74, 6) is -0.648. The van der Waals surface area contributed by atoms with Gasteiger partial charge in [-0.2, -0.15) is 4.39 Å². The summed E-state index contributed by atoms with van der Waals surface area (Å²) in [7, 11) is 0. The Morgan fingerprint density at radius 1 is 1.15 bits per heavy atom. The number of fused-ring (bicyclic) bond motifs is 2. The Bertz CT molecular complexity index is 1210. The molecule has 2 aliphatic rings. The zero-order valence-electron chi connectivity index (χ0n) is 14.5. The number of hydrogen-bond acceptors (Lipinski definition) is 4. The van der Waals surface area contributed by atoms with E-state index in [0.29, 0.717) is 40.1 Å². The van der Waals surface area contributed by atoms with E-state index >= 15 is 0 Å². The molecule has 2 aromatic heterocycles. The molecular weight excluding hydrogens is 343 g/mol. The molecule has 132 valence electrons. The van der Waals surface area contributed by atoms with Crippen molar-refractivity contribution in [3.63, 3.8) is 0 Å². The third-order valence-corrected chi connectivity index (χ3v) is 5.09. The first-order chi connectivity index (χ1) is 13.0. The summed E-state index contributed by atoms with van der Waals surface area (Å²) in [4.78, 5) is 23.2. The average Bonchev–Trinajstić information content (AvgIpc) is 2.90. The number of carbonyl (C=O) groups excluding carboxylic acids is 1. The number of aryl methyl sites for hydroxylation is 1. The fraction of sp³-hybridized carbons (Fsp3) is 0.0952. The molecule has 0 spiro atoms. The van der Waals surface area contributed by atoms with Crippen LogP contribution in [0.15, 0.2) is 54.3 Å². The molecule has 1 aliphatic heterocycles. The van der Waals surface area contributed by atoms with Gasteiger partial charge >= 0.3 is 0 Å². The Balaban J connectivity index is 1.74. The molecule has 0 unspecified atom stereocenters. The van der Waals surface area contributed by atoms with E-state index < -0.39 is 5.95 Å². The number of anilines is 1. The molecule has 1 aliphatic carbocycles. The Labute approximate surface area is 154 Å². The van der Waals surface area contributed by atoms with E-state index in [0.717, 1.165) is 16.8 Å². The number of nitrogens with zero attached hydrogens (tertiary/aromatic N) is 3. The van der Waals surface area contributed by atoms with Gasteiger partial charge in [0.25, 0.3) is 5.91 Å². The third kappa shape index (κ3) is 2.19. The van der Waals surface area contributed by atoms with Crippen molar-refractivity contribution in [2.75, 3.05) is 5.73 Å². The van der Waals surface area contributed by atoms with Gasteiger partial charge in [-0.15, -0.1) is 0 Å². The van der Waals surface area contributed by atoms with Crippen molar-refractivity contribution in [1.29, 1.82) is 0 Å². The minimum atomic E-state index is -0.520. The minimum Gasteiger partial charge on any atom is -0.397 e. The largest absolute Gasteiger partial charge is 0.397 e. The van der Waals surface area contributed by atoms with Crippen LogP contribution in [0.3, 0.4) is 0 Å².